The Bertz CT molecular complexity index is 1980. The van der Waals surface area contributed by atoms with Crippen LogP contribution in [-0.4, -0.2) is 77.3 Å². The van der Waals surface area contributed by atoms with Crippen molar-refractivity contribution in [2.45, 2.75) is 77.9 Å². The van der Waals surface area contributed by atoms with Crippen molar-refractivity contribution in [1.82, 2.24) is 19.8 Å². The number of hydrogen-bond acceptors (Lipinski definition) is 8. The topological polar surface area (TPSA) is 114 Å². The summed E-state index contributed by atoms with van der Waals surface area (Å²) in [6.45, 7) is 7.86. The highest BCUT2D eigenvalue weighted by Gasteiger charge is 2.38. The number of piperidine rings is 1. The van der Waals surface area contributed by atoms with Gasteiger partial charge in [0.15, 0.2) is 5.78 Å². The SMILES string of the molecule is COC(=O)[C@@H](NC(=O)c1sc(-c2ccc3c(c2)C(=O)Cn2c-3nc3ccccc32)cc1N(C(=O)C1CCC(C)CC1)C1CCN(C)CC1)C(C)C. The largest absolute Gasteiger partial charge is 0.467 e. The number of anilines is 1. The summed E-state index contributed by atoms with van der Waals surface area (Å²) in [6, 6.07) is 14.7. The van der Waals surface area contributed by atoms with Crippen LogP contribution in [0.1, 0.15) is 79.3 Å². The molecular formula is C40H47N5O5S. The number of para-hydroxylation sites is 2. The minimum Gasteiger partial charge on any atom is -0.467 e. The maximum Gasteiger partial charge on any atom is 0.328 e. The first-order valence-electron chi connectivity index (χ1n) is 18.2. The Morgan fingerprint density at radius 1 is 0.980 bits per heavy atom. The fourth-order valence-corrected chi connectivity index (χ4v) is 8.99. The minimum atomic E-state index is -0.853. The van der Waals surface area contributed by atoms with Crippen LogP contribution in [0.15, 0.2) is 48.5 Å². The highest BCUT2D eigenvalue weighted by atomic mass is 32.1. The number of ether oxygens (including phenoxy) is 1. The molecule has 3 aliphatic rings. The van der Waals surface area contributed by atoms with E-state index in [1.165, 1.54) is 18.4 Å². The van der Waals surface area contributed by atoms with Crippen LogP contribution < -0.4 is 10.2 Å². The molecule has 1 N–H and O–H groups in total. The van der Waals surface area contributed by atoms with Crippen molar-refractivity contribution in [3.05, 3.63) is 59.0 Å². The van der Waals surface area contributed by atoms with E-state index in [0.717, 1.165) is 84.5 Å². The zero-order valence-electron chi connectivity index (χ0n) is 30.1. The van der Waals surface area contributed by atoms with Crippen LogP contribution in [-0.2, 0) is 20.9 Å². The summed E-state index contributed by atoms with van der Waals surface area (Å²) in [5.41, 5.74) is 4.48. The standard InChI is InChI=1S/C40H47N5O5S/c1-23(2)35(40(49)50-5)42-38(47)36-32(45(27-16-18-43(4)19-17-27)39(48)25-12-10-24(3)11-13-25)21-34(51-36)26-14-15-28-29(20-26)33(46)22-44-31-9-7-6-8-30(31)41-37(28)44/h6-9,14-15,20-21,23-25,27,35H,10-13,16-19,22H2,1-5H3,(H,42,47)/t24?,25?,35-/m0/s1. The molecule has 2 amide bonds. The van der Waals surface area contributed by atoms with Gasteiger partial charge in [0.05, 0.1) is 30.4 Å². The highest BCUT2D eigenvalue weighted by Crippen LogP contribution is 2.43. The number of Topliss-reactive ketones (excluding diaryl/α,β-unsaturated/α-hetero) is 1. The summed E-state index contributed by atoms with van der Waals surface area (Å²) in [5.74, 6) is 0.149. The molecule has 0 unspecified atom stereocenters. The average Bonchev–Trinajstić information content (AvgIpc) is 3.74. The summed E-state index contributed by atoms with van der Waals surface area (Å²) in [6.07, 6.45) is 5.26. The molecular weight excluding hydrogens is 663 g/mol. The second-order valence-corrected chi connectivity index (χ2v) is 16.0. The van der Waals surface area contributed by atoms with Gasteiger partial charge in [-0.2, -0.15) is 0 Å². The Morgan fingerprint density at radius 3 is 2.41 bits per heavy atom. The molecule has 1 aliphatic carbocycles. The lowest BCUT2D eigenvalue weighted by molar-refractivity contribution is -0.144. The van der Waals surface area contributed by atoms with E-state index in [0.29, 0.717) is 22.0 Å². The molecule has 1 saturated carbocycles. The molecule has 10 nitrogen and oxygen atoms in total. The first kappa shape index (κ1) is 35.1. The molecule has 51 heavy (non-hydrogen) atoms. The van der Waals surface area contributed by atoms with E-state index < -0.39 is 17.9 Å². The number of rotatable bonds is 8. The quantitative estimate of drug-likeness (QED) is 0.200. The van der Waals surface area contributed by atoms with Gasteiger partial charge < -0.3 is 24.4 Å². The van der Waals surface area contributed by atoms with Gasteiger partial charge in [0.2, 0.25) is 5.91 Å². The van der Waals surface area contributed by atoms with Gasteiger partial charge in [-0.1, -0.05) is 39.0 Å². The first-order chi connectivity index (χ1) is 24.5. The number of nitrogens with one attached hydrogen (secondary N) is 1. The third-order valence-electron chi connectivity index (χ3n) is 11.0. The lowest BCUT2D eigenvalue weighted by atomic mass is 9.82. The van der Waals surface area contributed by atoms with Gasteiger partial charge in [-0.25, -0.2) is 9.78 Å². The third-order valence-corrected chi connectivity index (χ3v) is 12.2. The Labute approximate surface area is 303 Å². The predicted molar refractivity (Wildman–Crippen MR) is 200 cm³/mol. The van der Waals surface area contributed by atoms with Gasteiger partial charge in [0, 0.05) is 28.0 Å². The highest BCUT2D eigenvalue weighted by molar-refractivity contribution is 7.18. The van der Waals surface area contributed by atoms with Crippen molar-refractivity contribution >= 4 is 51.6 Å². The number of likely N-dealkylation sites (tertiary alicyclic amines) is 1. The van der Waals surface area contributed by atoms with Crippen LogP contribution in [0, 0.1) is 17.8 Å². The number of ketones is 1. The molecule has 7 rings (SSSR count). The molecule has 4 aromatic rings. The van der Waals surface area contributed by atoms with Crippen LogP contribution in [0.2, 0.25) is 0 Å². The van der Waals surface area contributed by atoms with E-state index in [4.69, 9.17) is 9.72 Å². The van der Waals surface area contributed by atoms with Gasteiger partial charge >= 0.3 is 5.97 Å². The van der Waals surface area contributed by atoms with Crippen LogP contribution >= 0.6 is 11.3 Å². The van der Waals surface area contributed by atoms with Crippen LogP contribution in [0.25, 0.3) is 32.9 Å². The zero-order valence-corrected chi connectivity index (χ0v) is 30.9. The lowest BCUT2D eigenvalue weighted by Crippen LogP contribution is -2.50. The number of carbonyl (C=O) groups is 4. The number of aromatic nitrogens is 2. The monoisotopic (exact) mass is 709 g/mol. The molecule has 1 atom stereocenters. The summed E-state index contributed by atoms with van der Waals surface area (Å²) in [4.78, 5) is 65.6. The number of benzene rings is 2. The summed E-state index contributed by atoms with van der Waals surface area (Å²) < 4.78 is 7.01. The normalized spacial score (nSPS) is 20.2. The van der Waals surface area contributed by atoms with Gasteiger partial charge in [0.25, 0.3) is 5.91 Å². The second-order valence-electron chi connectivity index (χ2n) is 14.9. The summed E-state index contributed by atoms with van der Waals surface area (Å²) >= 11 is 1.29. The van der Waals surface area contributed by atoms with E-state index in [1.54, 1.807) is 0 Å². The van der Waals surface area contributed by atoms with Crippen LogP contribution in [0.4, 0.5) is 5.69 Å². The van der Waals surface area contributed by atoms with E-state index in [9.17, 15) is 19.2 Å². The van der Waals surface area contributed by atoms with Crippen molar-refractivity contribution < 1.29 is 23.9 Å². The Kier molecular flexibility index (Phi) is 9.86. The zero-order chi connectivity index (χ0) is 36.0. The maximum absolute atomic E-state index is 14.7. The predicted octanol–water partition coefficient (Wildman–Crippen LogP) is 6.81. The Balaban J connectivity index is 1.33. The maximum atomic E-state index is 14.7. The fraction of sp³-hybridized carbons (Fsp3) is 0.475. The van der Waals surface area contributed by atoms with Gasteiger partial charge in [-0.15, -0.1) is 11.3 Å². The number of esters is 1. The smallest absolute Gasteiger partial charge is 0.328 e. The number of carbonyl (C=O) groups excluding carboxylic acids is 4. The van der Waals surface area contributed by atoms with Crippen molar-refractivity contribution in [2.24, 2.45) is 17.8 Å². The number of fused-ring (bicyclic) bond motifs is 5. The van der Waals surface area contributed by atoms with Crippen molar-refractivity contribution in [1.29, 1.82) is 0 Å². The van der Waals surface area contributed by atoms with E-state index >= 15 is 0 Å². The Hall–Kier alpha value is -4.35. The van der Waals surface area contributed by atoms with E-state index in [2.05, 4.69) is 24.2 Å². The number of hydrogen-bond donors (Lipinski definition) is 1. The van der Waals surface area contributed by atoms with E-state index in [1.807, 2.05) is 71.8 Å². The molecule has 0 bridgehead atoms. The summed E-state index contributed by atoms with van der Waals surface area (Å²) in [5, 5.41) is 2.94. The van der Waals surface area contributed by atoms with Crippen LogP contribution in [0.5, 0.6) is 0 Å². The second kappa shape index (κ2) is 14.3. The first-order valence-corrected chi connectivity index (χ1v) is 19.0. The number of imidazole rings is 1. The lowest BCUT2D eigenvalue weighted by Gasteiger charge is -2.40. The third kappa shape index (κ3) is 6.73. The molecule has 2 fully saturated rings. The molecule has 0 radical (unpaired) electrons. The molecule has 4 heterocycles. The van der Waals surface area contributed by atoms with Gasteiger partial charge in [0.1, 0.15) is 16.7 Å². The number of thiophene rings is 1. The van der Waals surface area contributed by atoms with Gasteiger partial charge in [-0.05, 0) is 106 Å². The van der Waals surface area contributed by atoms with Crippen molar-refractivity contribution in [3.63, 3.8) is 0 Å². The van der Waals surface area contributed by atoms with Crippen molar-refractivity contribution in [3.8, 4) is 21.8 Å². The molecule has 2 aromatic carbocycles. The molecule has 0 spiro atoms. The van der Waals surface area contributed by atoms with Crippen LogP contribution in [0.3, 0.4) is 0 Å². The molecule has 268 valence electrons. The van der Waals surface area contributed by atoms with Crippen molar-refractivity contribution in [2.75, 3.05) is 32.1 Å². The molecule has 2 aromatic heterocycles. The molecule has 2 aliphatic heterocycles. The molecule has 11 heteroatoms. The summed E-state index contributed by atoms with van der Waals surface area (Å²) in [7, 11) is 3.41. The average molecular weight is 710 g/mol. The number of amides is 2. The molecule has 1 saturated heterocycles. The van der Waals surface area contributed by atoms with E-state index in [-0.39, 0.29) is 36.1 Å². The number of nitrogens with zero attached hydrogens (tertiary/aromatic N) is 4. The van der Waals surface area contributed by atoms with Gasteiger partial charge in [-0.3, -0.25) is 14.4 Å². The minimum absolute atomic E-state index is 0.00948. The number of methoxy groups -OCH3 is 1. The Morgan fingerprint density at radius 2 is 1.71 bits per heavy atom. The fourth-order valence-electron chi connectivity index (χ4n) is 7.94.